The van der Waals surface area contributed by atoms with E-state index in [1.54, 1.807) is 0 Å². The minimum absolute atomic E-state index is 0.211. The number of piperidine rings is 1. The lowest BCUT2D eigenvalue weighted by atomic mass is 10.0. The number of rotatable bonds is 0. The lowest BCUT2D eigenvalue weighted by Gasteiger charge is -2.45. The summed E-state index contributed by atoms with van der Waals surface area (Å²) in [5.74, 6) is -1.67. The Morgan fingerprint density at radius 3 is 2.60 bits per heavy atom. The van der Waals surface area contributed by atoms with E-state index >= 15 is 0 Å². The molecule has 0 aromatic heterocycles. The number of nitrogens with zero attached hydrogens (tertiary/aromatic N) is 2. The number of fused-ring (bicyclic) bond motifs is 2. The van der Waals surface area contributed by atoms with Gasteiger partial charge in [0.1, 0.15) is 0 Å². The topological polar surface area (TPSA) is 23.6 Å². The lowest BCUT2D eigenvalue weighted by molar-refractivity contribution is -0.191. The number of carbonyl (C=O) groups excluding carboxylic acids is 1. The summed E-state index contributed by atoms with van der Waals surface area (Å²) in [6.45, 7) is 2.33. The molecule has 0 N–H and O–H groups in total. The van der Waals surface area contributed by atoms with Crippen molar-refractivity contribution < 1.29 is 18.0 Å². The molecule has 86 valence electrons. The molecule has 6 heteroatoms. The predicted molar refractivity (Wildman–Crippen MR) is 47.2 cm³/mol. The highest BCUT2D eigenvalue weighted by molar-refractivity contribution is 5.82. The van der Waals surface area contributed by atoms with Crippen molar-refractivity contribution in [1.29, 1.82) is 0 Å². The Hall–Kier alpha value is -0.780. The fourth-order valence-corrected chi connectivity index (χ4v) is 2.35. The monoisotopic (exact) mass is 222 g/mol. The van der Waals surface area contributed by atoms with Crippen molar-refractivity contribution in [3.05, 3.63) is 0 Å². The van der Waals surface area contributed by atoms with Crippen LogP contribution in [0.15, 0.2) is 0 Å². The Balaban J connectivity index is 2.06. The fraction of sp³-hybridized carbons (Fsp3) is 0.889. The van der Waals surface area contributed by atoms with Crippen molar-refractivity contribution in [3.8, 4) is 0 Å². The largest absolute Gasteiger partial charge is 0.471 e. The van der Waals surface area contributed by atoms with Crippen molar-refractivity contribution in [2.24, 2.45) is 0 Å². The highest BCUT2D eigenvalue weighted by Gasteiger charge is 2.46. The molecular weight excluding hydrogens is 209 g/mol. The van der Waals surface area contributed by atoms with Crippen LogP contribution in [-0.4, -0.2) is 54.1 Å². The van der Waals surface area contributed by atoms with Crippen LogP contribution in [0.5, 0.6) is 0 Å². The molecule has 0 aromatic rings. The quantitative estimate of drug-likeness (QED) is 0.606. The van der Waals surface area contributed by atoms with Crippen LogP contribution >= 0.6 is 0 Å². The van der Waals surface area contributed by atoms with E-state index in [-0.39, 0.29) is 12.6 Å². The van der Waals surface area contributed by atoms with Crippen molar-refractivity contribution in [2.45, 2.75) is 25.1 Å². The van der Waals surface area contributed by atoms with Gasteiger partial charge in [-0.25, -0.2) is 0 Å². The van der Waals surface area contributed by atoms with Gasteiger partial charge in [-0.15, -0.1) is 0 Å². The first-order valence-electron chi connectivity index (χ1n) is 5.08. The zero-order valence-corrected chi connectivity index (χ0v) is 8.26. The molecule has 2 atom stereocenters. The van der Waals surface area contributed by atoms with Gasteiger partial charge in [-0.3, -0.25) is 9.69 Å². The molecule has 2 aliphatic rings. The second kappa shape index (κ2) is 3.66. The average Bonchev–Trinajstić information content (AvgIpc) is 2.16. The molecule has 2 heterocycles. The third kappa shape index (κ3) is 2.09. The summed E-state index contributed by atoms with van der Waals surface area (Å²) >= 11 is 0. The molecular formula is C9H13F3N2O. The number of alkyl halides is 3. The van der Waals surface area contributed by atoms with Gasteiger partial charge in [0.2, 0.25) is 0 Å². The second-order valence-electron chi connectivity index (χ2n) is 4.09. The van der Waals surface area contributed by atoms with E-state index in [4.69, 9.17) is 0 Å². The number of piperazine rings is 1. The molecule has 2 rings (SSSR count). The SMILES string of the molecule is O=C(N1CCN2CCCC1C2)C(F)(F)F. The zero-order chi connectivity index (χ0) is 11.1. The van der Waals surface area contributed by atoms with E-state index < -0.39 is 12.1 Å². The van der Waals surface area contributed by atoms with Crippen molar-refractivity contribution in [1.82, 2.24) is 9.80 Å². The number of carbonyl (C=O) groups is 1. The molecule has 1 amide bonds. The summed E-state index contributed by atoms with van der Waals surface area (Å²) in [4.78, 5) is 14.2. The Labute approximate surface area is 85.8 Å². The van der Waals surface area contributed by atoms with Crippen LogP contribution < -0.4 is 0 Å². The normalized spacial score (nSPS) is 31.5. The van der Waals surface area contributed by atoms with Crippen LogP contribution in [0.3, 0.4) is 0 Å². The minimum Gasteiger partial charge on any atom is -0.329 e. The molecule has 0 saturated carbocycles. The highest BCUT2D eigenvalue weighted by Crippen LogP contribution is 2.26. The van der Waals surface area contributed by atoms with Gasteiger partial charge in [-0.1, -0.05) is 0 Å². The van der Waals surface area contributed by atoms with E-state index in [2.05, 4.69) is 4.90 Å². The maximum atomic E-state index is 12.3. The molecule has 0 aliphatic carbocycles. The Kier molecular flexibility index (Phi) is 2.62. The minimum atomic E-state index is -4.72. The number of hydrogen-bond acceptors (Lipinski definition) is 2. The van der Waals surface area contributed by atoms with Gasteiger partial charge in [0.05, 0.1) is 0 Å². The van der Waals surface area contributed by atoms with Gasteiger partial charge < -0.3 is 4.90 Å². The Bertz CT molecular complexity index is 267. The lowest BCUT2D eigenvalue weighted by Crippen LogP contribution is -2.60. The molecule has 2 fully saturated rings. The van der Waals surface area contributed by atoms with E-state index in [0.717, 1.165) is 17.9 Å². The predicted octanol–water partition coefficient (Wildman–Crippen LogP) is 0.855. The maximum Gasteiger partial charge on any atom is 0.471 e. The molecule has 2 saturated heterocycles. The van der Waals surface area contributed by atoms with E-state index in [1.165, 1.54) is 0 Å². The van der Waals surface area contributed by atoms with E-state index in [0.29, 0.717) is 19.5 Å². The first kappa shape index (κ1) is 10.7. The van der Waals surface area contributed by atoms with Gasteiger partial charge in [-0.2, -0.15) is 13.2 Å². The van der Waals surface area contributed by atoms with Gasteiger partial charge in [0, 0.05) is 25.7 Å². The van der Waals surface area contributed by atoms with Crippen molar-refractivity contribution in [2.75, 3.05) is 26.2 Å². The molecule has 3 nitrogen and oxygen atoms in total. The summed E-state index contributed by atoms with van der Waals surface area (Å²) in [5.41, 5.74) is 0. The van der Waals surface area contributed by atoms with Gasteiger partial charge in [-0.05, 0) is 19.4 Å². The van der Waals surface area contributed by atoms with Crippen LogP contribution in [0, 0.1) is 0 Å². The summed E-state index contributed by atoms with van der Waals surface area (Å²) in [6.07, 6.45) is -3.15. The van der Waals surface area contributed by atoms with Gasteiger partial charge in [0.25, 0.3) is 0 Å². The van der Waals surface area contributed by atoms with Crippen molar-refractivity contribution >= 4 is 5.91 Å². The Morgan fingerprint density at radius 2 is 1.93 bits per heavy atom. The molecule has 0 radical (unpaired) electrons. The Morgan fingerprint density at radius 1 is 1.20 bits per heavy atom. The van der Waals surface area contributed by atoms with E-state index in [1.807, 2.05) is 0 Å². The summed E-state index contributed by atoms with van der Waals surface area (Å²) < 4.78 is 36.8. The third-order valence-corrected chi connectivity index (χ3v) is 3.08. The number of hydrogen-bond donors (Lipinski definition) is 0. The summed E-state index contributed by atoms with van der Waals surface area (Å²) in [5, 5.41) is 0. The highest BCUT2D eigenvalue weighted by atomic mass is 19.4. The smallest absolute Gasteiger partial charge is 0.329 e. The van der Waals surface area contributed by atoms with Crippen LogP contribution in [0.4, 0.5) is 13.2 Å². The summed E-state index contributed by atoms with van der Waals surface area (Å²) in [6, 6.07) is -0.235. The number of amides is 1. The standard InChI is InChI=1S/C9H13F3N2O/c10-9(11,12)8(15)14-5-4-13-3-1-2-7(14)6-13/h7H,1-6H2. The average molecular weight is 222 g/mol. The molecule has 2 unspecified atom stereocenters. The van der Waals surface area contributed by atoms with Gasteiger partial charge in [0.15, 0.2) is 0 Å². The van der Waals surface area contributed by atoms with Crippen LogP contribution in [0.2, 0.25) is 0 Å². The molecule has 15 heavy (non-hydrogen) atoms. The zero-order valence-electron chi connectivity index (χ0n) is 8.26. The third-order valence-electron chi connectivity index (χ3n) is 3.08. The first-order chi connectivity index (χ1) is 6.98. The first-order valence-corrected chi connectivity index (χ1v) is 5.08. The molecule has 2 aliphatic heterocycles. The van der Waals surface area contributed by atoms with Gasteiger partial charge >= 0.3 is 12.1 Å². The van der Waals surface area contributed by atoms with Crippen molar-refractivity contribution in [3.63, 3.8) is 0 Å². The maximum absolute atomic E-state index is 12.3. The van der Waals surface area contributed by atoms with Crippen LogP contribution in [0.1, 0.15) is 12.8 Å². The van der Waals surface area contributed by atoms with Crippen LogP contribution in [0.25, 0.3) is 0 Å². The van der Waals surface area contributed by atoms with E-state index in [9.17, 15) is 18.0 Å². The number of halogens is 3. The fourth-order valence-electron chi connectivity index (χ4n) is 2.35. The summed E-state index contributed by atoms with van der Waals surface area (Å²) in [7, 11) is 0. The molecule has 0 spiro atoms. The molecule has 0 aromatic carbocycles. The second-order valence-corrected chi connectivity index (χ2v) is 4.09. The van der Waals surface area contributed by atoms with Crippen LogP contribution in [-0.2, 0) is 4.79 Å². The molecule has 2 bridgehead atoms.